The van der Waals surface area contributed by atoms with Crippen molar-refractivity contribution in [3.05, 3.63) is 35.4 Å². The van der Waals surface area contributed by atoms with E-state index in [0.29, 0.717) is 19.1 Å². The zero-order chi connectivity index (χ0) is 15.0. The Morgan fingerprint density at radius 1 is 1.19 bits per heavy atom. The van der Waals surface area contributed by atoms with Crippen LogP contribution < -0.4 is 0 Å². The normalized spacial score (nSPS) is 23.2. The van der Waals surface area contributed by atoms with Gasteiger partial charge in [-0.25, -0.2) is 0 Å². The van der Waals surface area contributed by atoms with Crippen molar-refractivity contribution in [2.75, 3.05) is 26.2 Å². The Hall–Kier alpha value is -1.56. The van der Waals surface area contributed by atoms with E-state index in [0.717, 1.165) is 38.1 Å². The van der Waals surface area contributed by atoms with E-state index in [-0.39, 0.29) is 11.5 Å². The van der Waals surface area contributed by atoms with Crippen molar-refractivity contribution in [3.63, 3.8) is 0 Å². The van der Waals surface area contributed by atoms with Crippen LogP contribution in [0.4, 0.5) is 13.2 Å². The summed E-state index contributed by atoms with van der Waals surface area (Å²) in [5, 5.41) is 0. The summed E-state index contributed by atoms with van der Waals surface area (Å²) in [7, 11) is 0. The SMILES string of the molecule is O=C(c1cccc(C(F)(F)F)c1)N1CCN2CCCC2C1. The van der Waals surface area contributed by atoms with E-state index in [4.69, 9.17) is 0 Å². The average Bonchev–Trinajstić information content (AvgIpc) is 2.93. The molecular formula is C15H17F3N2O. The molecule has 0 saturated carbocycles. The van der Waals surface area contributed by atoms with Crippen LogP contribution in [-0.2, 0) is 6.18 Å². The highest BCUT2D eigenvalue weighted by Gasteiger charge is 2.34. The number of rotatable bonds is 1. The van der Waals surface area contributed by atoms with Crippen molar-refractivity contribution in [1.29, 1.82) is 0 Å². The van der Waals surface area contributed by atoms with Gasteiger partial charge in [-0.3, -0.25) is 9.69 Å². The highest BCUT2D eigenvalue weighted by molar-refractivity contribution is 5.94. The van der Waals surface area contributed by atoms with Gasteiger partial charge in [0.05, 0.1) is 5.56 Å². The number of piperazine rings is 1. The molecule has 3 nitrogen and oxygen atoms in total. The van der Waals surface area contributed by atoms with Crippen LogP contribution in [0.3, 0.4) is 0 Å². The number of alkyl halides is 3. The Bertz CT molecular complexity index is 544. The molecule has 1 aromatic carbocycles. The van der Waals surface area contributed by atoms with Crippen molar-refractivity contribution >= 4 is 5.91 Å². The Morgan fingerprint density at radius 3 is 2.76 bits per heavy atom. The first kappa shape index (κ1) is 14.4. The molecule has 2 heterocycles. The number of nitrogens with zero attached hydrogens (tertiary/aromatic N) is 2. The number of carbonyl (C=O) groups excluding carboxylic acids is 1. The van der Waals surface area contributed by atoms with E-state index < -0.39 is 11.7 Å². The Balaban J connectivity index is 1.76. The number of carbonyl (C=O) groups is 1. The topological polar surface area (TPSA) is 23.6 Å². The lowest BCUT2D eigenvalue weighted by Gasteiger charge is -2.37. The van der Waals surface area contributed by atoms with Crippen molar-refractivity contribution < 1.29 is 18.0 Å². The Labute approximate surface area is 121 Å². The molecule has 0 radical (unpaired) electrons. The minimum Gasteiger partial charge on any atom is -0.336 e. The summed E-state index contributed by atoms with van der Waals surface area (Å²) in [6, 6.07) is 5.06. The summed E-state index contributed by atoms with van der Waals surface area (Å²) in [5.41, 5.74) is -0.649. The molecule has 21 heavy (non-hydrogen) atoms. The van der Waals surface area contributed by atoms with Crippen molar-refractivity contribution in [1.82, 2.24) is 9.80 Å². The fraction of sp³-hybridized carbons (Fsp3) is 0.533. The molecule has 0 aromatic heterocycles. The van der Waals surface area contributed by atoms with E-state index in [1.165, 1.54) is 12.1 Å². The molecule has 0 spiro atoms. The molecule has 1 atom stereocenters. The van der Waals surface area contributed by atoms with E-state index in [1.54, 1.807) is 4.90 Å². The number of fused-ring (bicyclic) bond motifs is 1. The molecule has 2 fully saturated rings. The quantitative estimate of drug-likeness (QED) is 0.796. The molecule has 1 unspecified atom stereocenters. The van der Waals surface area contributed by atoms with Crippen molar-refractivity contribution in [3.8, 4) is 0 Å². The summed E-state index contributed by atoms with van der Waals surface area (Å²) in [6.07, 6.45) is -2.22. The van der Waals surface area contributed by atoms with E-state index in [9.17, 15) is 18.0 Å². The predicted molar refractivity (Wildman–Crippen MR) is 71.9 cm³/mol. The summed E-state index contributed by atoms with van der Waals surface area (Å²) in [6.45, 7) is 3.09. The van der Waals surface area contributed by atoms with Gasteiger partial charge in [0.1, 0.15) is 0 Å². The van der Waals surface area contributed by atoms with Crippen LogP contribution in [0.5, 0.6) is 0 Å². The van der Waals surface area contributed by atoms with Crippen LogP contribution in [0.25, 0.3) is 0 Å². The van der Waals surface area contributed by atoms with Crippen LogP contribution in [0.2, 0.25) is 0 Å². The molecule has 2 aliphatic heterocycles. The number of hydrogen-bond donors (Lipinski definition) is 0. The summed E-state index contributed by atoms with van der Waals surface area (Å²) >= 11 is 0. The fourth-order valence-corrected chi connectivity index (χ4v) is 3.19. The predicted octanol–water partition coefficient (Wildman–Crippen LogP) is 2.63. The van der Waals surface area contributed by atoms with Crippen LogP contribution in [0.15, 0.2) is 24.3 Å². The average molecular weight is 298 g/mol. The second kappa shape index (κ2) is 5.33. The first-order valence-corrected chi connectivity index (χ1v) is 7.16. The Kier molecular flexibility index (Phi) is 3.65. The van der Waals surface area contributed by atoms with Crippen LogP contribution >= 0.6 is 0 Å². The monoisotopic (exact) mass is 298 g/mol. The van der Waals surface area contributed by atoms with Gasteiger partial charge in [-0.2, -0.15) is 13.2 Å². The van der Waals surface area contributed by atoms with Gasteiger partial charge in [0.2, 0.25) is 0 Å². The third-order valence-corrected chi connectivity index (χ3v) is 4.31. The first-order chi connectivity index (χ1) is 9.95. The van der Waals surface area contributed by atoms with Gasteiger partial charge in [0.25, 0.3) is 5.91 Å². The molecule has 0 aliphatic carbocycles. The minimum atomic E-state index is -4.42. The third kappa shape index (κ3) is 2.90. The fourth-order valence-electron chi connectivity index (χ4n) is 3.19. The second-order valence-corrected chi connectivity index (χ2v) is 5.66. The molecule has 0 N–H and O–H groups in total. The zero-order valence-corrected chi connectivity index (χ0v) is 11.6. The number of hydrogen-bond acceptors (Lipinski definition) is 2. The van der Waals surface area contributed by atoms with Crippen LogP contribution in [0.1, 0.15) is 28.8 Å². The summed E-state index contributed by atoms with van der Waals surface area (Å²) < 4.78 is 38.2. The maximum Gasteiger partial charge on any atom is 0.416 e. The van der Waals surface area contributed by atoms with Gasteiger partial charge >= 0.3 is 6.18 Å². The van der Waals surface area contributed by atoms with Gasteiger partial charge in [-0.05, 0) is 37.6 Å². The molecule has 2 saturated heterocycles. The molecule has 1 aromatic rings. The van der Waals surface area contributed by atoms with Crippen LogP contribution in [-0.4, -0.2) is 47.9 Å². The van der Waals surface area contributed by atoms with Gasteiger partial charge in [-0.1, -0.05) is 6.07 Å². The third-order valence-electron chi connectivity index (χ3n) is 4.31. The number of halogens is 3. The Morgan fingerprint density at radius 2 is 2.00 bits per heavy atom. The van der Waals surface area contributed by atoms with Crippen LogP contribution in [0, 0.1) is 0 Å². The van der Waals surface area contributed by atoms with Crippen molar-refractivity contribution in [2.24, 2.45) is 0 Å². The maximum absolute atomic E-state index is 12.7. The standard InChI is InChI=1S/C15H17F3N2O/c16-15(17,18)12-4-1-3-11(9-12)14(21)20-8-7-19-6-2-5-13(19)10-20/h1,3-4,9,13H,2,5-8,10H2. The van der Waals surface area contributed by atoms with Gasteiger partial charge in [0, 0.05) is 31.2 Å². The number of amides is 1. The first-order valence-electron chi connectivity index (χ1n) is 7.16. The van der Waals surface area contributed by atoms with Gasteiger partial charge < -0.3 is 4.90 Å². The van der Waals surface area contributed by atoms with E-state index in [2.05, 4.69) is 4.90 Å². The zero-order valence-electron chi connectivity index (χ0n) is 11.6. The lowest BCUT2D eigenvalue weighted by Crippen LogP contribution is -2.52. The smallest absolute Gasteiger partial charge is 0.336 e. The largest absolute Gasteiger partial charge is 0.416 e. The maximum atomic E-state index is 12.7. The van der Waals surface area contributed by atoms with Gasteiger partial charge in [-0.15, -0.1) is 0 Å². The highest BCUT2D eigenvalue weighted by Crippen LogP contribution is 2.30. The van der Waals surface area contributed by atoms with Crippen molar-refractivity contribution in [2.45, 2.75) is 25.1 Å². The molecule has 1 amide bonds. The second-order valence-electron chi connectivity index (χ2n) is 5.66. The summed E-state index contributed by atoms with van der Waals surface area (Å²) in [5.74, 6) is -0.298. The lowest BCUT2D eigenvalue weighted by molar-refractivity contribution is -0.137. The number of benzene rings is 1. The van der Waals surface area contributed by atoms with Gasteiger partial charge in [0.15, 0.2) is 0 Å². The van der Waals surface area contributed by atoms with E-state index >= 15 is 0 Å². The summed E-state index contributed by atoms with van der Waals surface area (Å²) in [4.78, 5) is 16.4. The van der Waals surface area contributed by atoms with E-state index in [1.807, 2.05) is 0 Å². The molecular weight excluding hydrogens is 281 g/mol. The molecule has 0 bridgehead atoms. The molecule has 2 aliphatic rings. The highest BCUT2D eigenvalue weighted by atomic mass is 19.4. The molecule has 6 heteroatoms. The molecule has 114 valence electrons. The lowest BCUT2D eigenvalue weighted by atomic mass is 10.1. The molecule has 3 rings (SSSR count). The minimum absolute atomic E-state index is 0.122.